The molecule has 2 heterocycles. The number of phenols is 1. The Balaban J connectivity index is 1.31. The second-order valence-corrected chi connectivity index (χ2v) is 8.21. The highest BCUT2D eigenvalue weighted by Gasteiger charge is 2.31. The van der Waals surface area contributed by atoms with Crippen molar-refractivity contribution in [3.63, 3.8) is 0 Å². The molecule has 0 saturated carbocycles. The zero-order valence-corrected chi connectivity index (χ0v) is 17.1. The van der Waals surface area contributed by atoms with Crippen LogP contribution in [-0.2, 0) is 19.3 Å². The lowest BCUT2D eigenvalue weighted by molar-refractivity contribution is 0.237. The largest absolute Gasteiger partial charge is 0.508 e. The Labute approximate surface area is 176 Å². The number of phenolic OH excluding ortho intramolecular Hbond substituents is 1. The number of benzene rings is 1. The van der Waals surface area contributed by atoms with Crippen molar-refractivity contribution < 1.29 is 5.11 Å². The summed E-state index contributed by atoms with van der Waals surface area (Å²) in [7, 11) is 0. The van der Waals surface area contributed by atoms with Gasteiger partial charge in [-0.3, -0.25) is 9.91 Å². The first-order chi connectivity index (χ1) is 14.7. The van der Waals surface area contributed by atoms with Crippen LogP contribution in [0, 0.1) is 11.3 Å². The van der Waals surface area contributed by atoms with Gasteiger partial charge in [0.05, 0.1) is 5.56 Å². The molecule has 2 aliphatic heterocycles. The summed E-state index contributed by atoms with van der Waals surface area (Å²) in [6.45, 7) is 4.75. The van der Waals surface area contributed by atoms with Gasteiger partial charge in [0.15, 0.2) is 0 Å². The standard InChI is InChI=1S/C23H26N6O/c24-15-21-19-3-1-2-4-20(19)23-22(21)25-16-26-29(23)28-13-11-27(12-14-28)10-9-17-5-7-18(30)8-6-17/h5-8,16,30H,1-4,9-14H2. The molecule has 7 heteroatoms. The molecule has 1 saturated heterocycles. The van der Waals surface area contributed by atoms with E-state index in [9.17, 15) is 10.4 Å². The topological polar surface area (TPSA) is 81.2 Å². The van der Waals surface area contributed by atoms with E-state index in [0.717, 1.165) is 81.8 Å². The van der Waals surface area contributed by atoms with Crippen molar-refractivity contribution in [3.05, 3.63) is 52.8 Å². The van der Waals surface area contributed by atoms with Crippen molar-refractivity contribution in [2.75, 3.05) is 37.7 Å². The van der Waals surface area contributed by atoms with E-state index in [1.807, 2.05) is 16.9 Å². The minimum absolute atomic E-state index is 0.315. The van der Waals surface area contributed by atoms with Crippen LogP contribution in [0.25, 0.3) is 11.4 Å². The summed E-state index contributed by atoms with van der Waals surface area (Å²) in [5.74, 6) is 0.315. The van der Waals surface area contributed by atoms with Gasteiger partial charge in [0, 0.05) is 32.7 Å². The molecule has 7 nitrogen and oxygen atoms in total. The lowest BCUT2D eigenvalue weighted by Crippen LogP contribution is -2.52. The lowest BCUT2D eigenvalue weighted by atomic mass is 9.94. The monoisotopic (exact) mass is 402 g/mol. The average Bonchev–Trinajstić information content (AvgIpc) is 3.13. The third kappa shape index (κ3) is 3.37. The summed E-state index contributed by atoms with van der Waals surface area (Å²) in [5.41, 5.74) is 6.33. The molecule has 5 rings (SSSR count). The number of aromatic hydroxyl groups is 1. The van der Waals surface area contributed by atoms with Crippen LogP contribution in [0.3, 0.4) is 0 Å². The van der Waals surface area contributed by atoms with Gasteiger partial charge < -0.3 is 5.11 Å². The number of nitriles is 1. The first-order valence-corrected chi connectivity index (χ1v) is 10.8. The number of nitrogens with zero attached hydrogens (tertiary/aromatic N) is 6. The molecule has 0 spiro atoms. The van der Waals surface area contributed by atoms with E-state index in [2.05, 4.69) is 26.1 Å². The predicted molar refractivity (Wildman–Crippen MR) is 114 cm³/mol. The van der Waals surface area contributed by atoms with Crippen LogP contribution in [-0.4, -0.2) is 57.6 Å². The average molecular weight is 403 g/mol. The van der Waals surface area contributed by atoms with Gasteiger partial charge in [-0.05, 0) is 60.9 Å². The summed E-state index contributed by atoms with van der Waals surface area (Å²) < 4.78 is 0. The fourth-order valence-corrected chi connectivity index (χ4v) is 4.81. The highest BCUT2D eigenvalue weighted by Crippen LogP contribution is 2.38. The van der Waals surface area contributed by atoms with Gasteiger partial charge in [0.1, 0.15) is 29.5 Å². The Kier molecular flexibility index (Phi) is 5.01. The number of rotatable bonds is 4. The highest BCUT2D eigenvalue weighted by molar-refractivity contribution is 5.76. The predicted octanol–water partition coefficient (Wildman–Crippen LogP) is 2.34. The fraction of sp³-hybridized carbons (Fsp3) is 0.435. The maximum Gasteiger partial charge on any atom is 0.138 e. The molecule has 0 unspecified atom stereocenters. The molecule has 0 bridgehead atoms. The highest BCUT2D eigenvalue weighted by atomic mass is 16.3. The number of fused-ring (bicyclic) bond motifs is 3. The van der Waals surface area contributed by atoms with Crippen LogP contribution in [0.2, 0.25) is 0 Å². The molecule has 4 aliphatic rings. The van der Waals surface area contributed by atoms with Gasteiger partial charge in [-0.25, -0.2) is 4.98 Å². The minimum Gasteiger partial charge on any atom is -0.508 e. The van der Waals surface area contributed by atoms with Crippen LogP contribution in [0.15, 0.2) is 30.6 Å². The van der Waals surface area contributed by atoms with Crippen LogP contribution in [0.1, 0.15) is 35.1 Å². The van der Waals surface area contributed by atoms with Crippen molar-refractivity contribution >= 4 is 0 Å². The van der Waals surface area contributed by atoms with E-state index >= 15 is 0 Å². The van der Waals surface area contributed by atoms with Crippen molar-refractivity contribution in [3.8, 4) is 23.2 Å². The third-order valence-electron chi connectivity index (χ3n) is 6.45. The maximum atomic E-state index is 9.73. The van der Waals surface area contributed by atoms with E-state index in [4.69, 9.17) is 0 Å². The molecule has 154 valence electrons. The first kappa shape index (κ1) is 18.9. The molecule has 0 amide bonds. The van der Waals surface area contributed by atoms with E-state index in [0.29, 0.717) is 5.75 Å². The molecule has 1 fully saturated rings. The molecule has 0 atom stereocenters. The van der Waals surface area contributed by atoms with Gasteiger partial charge in [0.2, 0.25) is 0 Å². The minimum atomic E-state index is 0.315. The quantitative estimate of drug-likeness (QED) is 0.721. The zero-order chi connectivity index (χ0) is 20.5. The normalized spacial score (nSPS) is 17.1. The van der Waals surface area contributed by atoms with Gasteiger partial charge >= 0.3 is 0 Å². The van der Waals surface area contributed by atoms with Crippen molar-refractivity contribution in [2.24, 2.45) is 0 Å². The van der Waals surface area contributed by atoms with Crippen molar-refractivity contribution in [2.45, 2.75) is 32.1 Å². The van der Waals surface area contributed by atoms with Gasteiger partial charge in [-0.1, -0.05) is 12.1 Å². The van der Waals surface area contributed by atoms with E-state index in [1.165, 1.54) is 16.7 Å². The molecular weight excluding hydrogens is 376 g/mol. The molecule has 30 heavy (non-hydrogen) atoms. The second-order valence-electron chi connectivity index (χ2n) is 8.21. The third-order valence-corrected chi connectivity index (χ3v) is 6.45. The van der Waals surface area contributed by atoms with Crippen LogP contribution < -0.4 is 5.01 Å². The van der Waals surface area contributed by atoms with E-state index in [1.54, 1.807) is 18.5 Å². The maximum absolute atomic E-state index is 9.73. The lowest BCUT2D eigenvalue weighted by Gasteiger charge is -2.37. The molecule has 2 aliphatic carbocycles. The summed E-state index contributed by atoms with van der Waals surface area (Å²) in [4.78, 5) is 8.98. The van der Waals surface area contributed by atoms with Gasteiger partial charge in [-0.15, -0.1) is 5.10 Å². The Morgan fingerprint density at radius 1 is 1.00 bits per heavy atom. The Bertz CT molecular complexity index is 1040. The Morgan fingerprint density at radius 3 is 2.47 bits per heavy atom. The van der Waals surface area contributed by atoms with Gasteiger partial charge in [-0.2, -0.15) is 10.1 Å². The summed E-state index contributed by atoms with van der Waals surface area (Å²) >= 11 is 0. The molecular formula is C23H26N6O. The van der Waals surface area contributed by atoms with Crippen LogP contribution in [0.5, 0.6) is 5.75 Å². The number of piperazine rings is 1. The smallest absolute Gasteiger partial charge is 0.138 e. The summed E-state index contributed by atoms with van der Waals surface area (Å²) in [5, 5.41) is 26.0. The Hall–Kier alpha value is -3.11. The molecule has 0 radical (unpaired) electrons. The molecule has 1 aromatic rings. The van der Waals surface area contributed by atoms with Crippen molar-refractivity contribution in [1.29, 1.82) is 5.26 Å². The van der Waals surface area contributed by atoms with Crippen LogP contribution >= 0.6 is 0 Å². The van der Waals surface area contributed by atoms with Crippen LogP contribution in [0.4, 0.5) is 0 Å². The zero-order valence-electron chi connectivity index (χ0n) is 17.1. The number of hydrogen-bond acceptors (Lipinski definition) is 6. The molecule has 1 N–H and O–H groups in total. The second kappa shape index (κ2) is 7.96. The van der Waals surface area contributed by atoms with E-state index < -0.39 is 0 Å². The van der Waals surface area contributed by atoms with Gasteiger partial charge in [0.25, 0.3) is 0 Å². The molecule has 0 aromatic heterocycles. The summed E-state index contributed by atoms with van der Waals surface area (Å²) in [6, 6.07) is 9.89. The fourth-order valence-electron chi connectivity index (χ4n) is 4.81. The SMILES string of the molecule is N#Cc1c2ncnn(N3CCN(CCc4ccc(O)cc4)CC3)c-2c2c1CCCC2. The Morgan fingerprint density at radius 2 is 1.73 bits per heavy atom. The molecule has 1 aromatic carbocycles. The van der Waals surface area contributed by atoms with E-state index in [-0.39, 0.29) is 0 Å². The summed E-state index contributed by atoms with van der Waals surface area (Å²) in [6.07, 6.45) is 6.86. The number of aromatic nitrogens is 3. The van der Waals surface area contributed by atoms with Crippen molar-refractivity contribution in [1.82, 2.24) is 19.8 Å². The number of hydrogen-bond donors (Lipinski definition) is 1. The first-order valence-electron chi connectivity index (χ1n) is 10.8.